The number of carbonyl (C=O) groups excluding carboxylic acids is 1. The second-order valence-corrected chi connectivity index (χ2v) is 4.85. The van der Waals surface area contributed by atoms with E-state index < -0.39 is 0 Å². The van der Waals surface area contributed by atoms with Gasteiger partial charge < -0.3 is 10.7 Å². The van der Waals surface area contributed by atoms with Crippen LogP contribution in [0.15, 0.2) is 48.5 Å². The number of H-pyrrole nitrogens is 1. The Labute approximate surface area is 122 Å². The molecule has 21 heavy (non-hydrogen) atoms. The molecule has 5 heteroatoms. The molecule has 0 saturated heterocycles. The molecule has 1 amide bonds. The van der Waals surface area contributed by atoms with Gasteiger partial charge in [0.25, 0.3) is 0 Å². The molecule has 2 aromatic carbocycles. The van der Waals surface area contributed by atoms with E-state index in [0.717, 1.165) is 16.6 Å². The van der Waals surface area contributed by atoms with Crippen molar-refractivity contribution in [2.24, 2.45) is 0 Å². The van der Waals surface area contributed by atoms with Crippen molar-refractivity contribution in [2.75, 3.05) is 11.1 Å². The second kappa shape index (κ2) is 5.66. The van der Waals surface area contributed by atoms with E-state index >= 15 is 0 Å². The van der Waals surface area contributed by atoms with Crippen molar-refractivity contribution >= 4 is 28.6 Å². The number of nitrogens with zero attached hydrogens (tertiary/aromatic N) is 1. The lowest BCUT2D eigenvalue weighted by Gasteiger charge is -2.05. The lowest BCUT2D eigenvalue weighted by Crippen LogP contribution is -2.13. The number of rotatable bonds is 4. The third kappa shape index (κ3) is 3.02. The fourth-order valence-corrected chi connectivity index (χ4v) is 2.22. The lowest BCUT2D eigenvalue weighted by molar-refractivity contribution is -0.116. The van der Waals surface area contributed by atoms with Gasteiger partial charge in [0, 0.05) is 12.1 Å². The van der Waals surface area contributed by atoms with E-state index in [-0.39, 0.29) is 5.91 Å². The highest BCUT2D eigenvalue weighted by atomic mass is 16.1. The lowest BCUT2D eigenvalue weighted by atomic mass is 10.1. The molecule has 106 valence electrons. The number of carbonyl (C=O) groups is 1. The Morgan fingerprint density at radius 1 is 1.14 bits per heavy atom. The van der Waals surface area contributed by atoms with Crippen LogP contribution in [0.3, 0.4) is 0 Å². The van der Waals surface area contributed by atoms with Crippen LogP contribution in [0.25, 0.3) is 11.0 Å². The number of nitrogens with two attached hydrogens (primary N) is 1. The highest BCUT2D eigenvalue weighted by Gasteiger charge is 2.08. The summed E-state index contributed by atoms with van der Waals surface area (Å²) < 4.78 is 0. The number of aryl methyl sites for hydroxylation is 1. The molecular formula is C16H16N4O. The maximum atomic E-state index is 12.0. The van der Waals surface area contributed by atoms with Crippen LogP contribution < -0.4 is 11.1 Å². The minimum atomic E-state index is -0.0858. The van der Waals surface area contributed by atoms with E-state index in [1.54, 1.807) is 0 Å². The molecule has 0 bridgehead atoms. The van der Waals surface area contributed by atoms with Gasteiger partial charge in [-0.2, -0.15) is 0 Å². The molecule has 0 fully saturated rings. The minimum absolute atomic E-state index is 0.0858. The molecule has 0 saturated carbocycles. The van der Waals surface area contributed by atoms with Gasteiger partial charge >= 0.3 is 0 Å². The van der Waals surface area contributed by atoms with Crippen molar-refractivity contribution in [2.45, 2.75) is 12.8 Å². The van der Waals surface area contributed by atoms with Gasteiger partial charge in [0.05, 0.1) is 11.0 Å². The van der Waals surface area contributed by atoms with E-state index in [0.29, 0.717) is 24.5 Å². The summed E-state index contributed by atoms with van der Waals surface area (Å²) in [5, 5.41) is 2.77. The van der Waals surface area contributed by atoms with Crippen LogP contribution in [0.5, 0.6) is 0 Å². The molecule has 0 aliphatic rings. The van der Waals surface area contributed by atoms with Gasteiger partial charge in [-0.25, -0.2) is 4.98 Å². The zero-order chi connectivity index (χ0) is 14.7. The van der Waals surface area contributed by atoms with Gasteiger partial charge in [0.2, 0.25) is 11.9 Å². The third-order valence-electron chi connectivity index (χ3n) is 3.32. The molecule has 0 spiro atoms. The Kier molecular flexibility index (Phi) is 3.55. The van der Waals surface area contributed by atoms with Gasteiger partial charge in [-0.05, 0) is 30.2 Å². The summed E-state index contributed by atoms with van der Waals surface area (Å²) in [5.41, 5.74) is 9.30. The molecule has 3 rings (SSSR count). The molecule has 0 aliphatic carbocycles. The topological polar surface area (TPSA) is 83.8 Å². The molecule has 4 N–H and O–H groups in total. The number of hydrogen-bond acceptors (Lipinski definition) is 3. The Morgan fingerprint density at radius 3 is 2.71 bits per heavy atom. The van der Waals surface area contributed by atoms with Crippen LogP contribution in [0.4, 0.5) is 11.6 Å². The summed E-state index contributed by atoms with van der Waals surface area (Å²) in [7, 11) is 0. The number of para-hydroxylation sites is 3. The number of benzene rings is 2. The van der Waals surface area contributed by atoms with Crippen molar-refractivity contribution in [3.05, 3.63) is 54.1 Å². The standard InChI is InChI=1S/C16H16N4O/c17-12-6-2-1-5-11(12)9-10-15(21)20-16-18-13-7-3-4-8-14(13)19-16/h1-8H,9-10,17H2,(H2,18,19,20,21). The number of anilines is 2. The summed E-state index contributed by atoms with van der Waals surface area (Å²) in [6.45, 7) is 0. The molecular weight excluding hydrogens is 264 g/mol. The van der Waals surface area contributed by atoms with Gasteiger partial charge in [-0.15, -0.1) is 0 Å². The Bertz CT molecular complexity index is 746. The summed E-state index contributed by atoms with van der Waals surface area (Å²) in [5.74, 6) is 0.388. The molecule has 3 aromatic rings. The maximum Gasteiger partial charge on any atom is 0.227 e. The minimum Gasteiger partial charge on any atom is -0.399 e. The SMILES string of the molecule is Nc1ccccc1CCC(=O)Nc1nc2ccccc2[nH]1. The smallest absolute Gasteiger partial charge is 0.227 e. The average Bonchev–Trinajstić information content (AvgIpc) is 2.88. The van der Waals surface area contributed by atoms with Crippen LogP contribution in [0, 0.1) is 0 Å². The average molecular weight is 280 g/mol. The monoisotopic (exact) mass is 280 g/mol. The van der Waals surface area contributed by atoms with Gasteiger partial charge in [-0.1, -0.05) is 30.3 Å². The Hall–Kier alpha value is -2.82. The van der Waals surface area contributed by atoms with Crippen molar-refractivity contribution < 1.29 is 4.79 Å². The summed E-state index contributed by atoms with van der Waals surface area (Å²) in [6.07, 6.45) is 0.976. The summed E-state index contributed by atoms with van der Waals surface area (Å²) in [6, 6.07) is 15.2. The summed E-state index contributed by atoms with van der Waals surface area (Å²) in [4.78, 5) is 19.3. The number of amides is 1. The van der Waals surface area contributed by atoms with E-state index in [1.165, 1.54) is 0 Å². The van der Waals surface area contributed by atoms with E-state index in [1.807, 2.05) is 48.5 Å². The predicted molar refractivity (Wildman–Crippen MR) is 83.9 cm³/mol. The number of imidazole rings is 1. The van der Waals surface area contributed by atoms with Crippen LogP contribution in [-0.4, -0.2) is 15.9 Å². The molecule has 1 aromatic heterocycles. The predicted octanol–water partition coefficient (Wildman–Crippen LogP) is 2.72. The quantitative estimate of drug-likeness (QED) is 0.642. The molecule has 0 radical (unpaired) electrons. The zero-order valence-corrected chi connectivity index (χ0v) is 11.5. The van der Waals surface area contributed by atoms with Gasteiger partial charge in [0.1, 0.15) is 0 Å². The largest absolute Gasteiger partial charge is 0.399 e. The normalized spacial score (nSPS) is 10.7. The van der Waals surface area contributed by atoms with E-state index in [2.05, 4.69) is 15.3 Å². The Morgan fingerprint density at radius 2 is 1.90 bits per heavy atom. The van der Waals surface area contributed by atoms with Crippen molar-refractivity contribution in [3.8, 4) is 0 Å². The van der Waals surface area contributed by atoms with Crippen LogP contribution in [-0.2, 0) is 11.2 Å². The molecule has 0 unspecified atom stereocenters. The maximum absolute atomic E-state index is 12.0. The van der Waals surface area contributed by atoms with Crippen LogP contribution in [0.1, 0.15) is 12.0 Å². The fraction of sp³-hybridized carbons (Fsp3) is 0.125. The highest BCUT2D eigenvalue weighted by Crippen LogP contribution is 2.15. The fourth-order valence-electron chi connectivity index (χ4n) is 2.22. The first-order valence-electron chi connectivity index (χ1n) is 6.80. The highest BCUT2D eigenvalue weighted by molar-refractivity contribution is 5.91. The number of hydrogen-bond donors (Lipinski definition) is 3. The van der Waals surface area contributed by atoms with Crippen molar-refractivity contribution in [3.63, 3.8) is 0 Å². The number of nitrogens with one attached hydrogen (secondary N) is 2. The van der Waals surface area contributed by atoms with E-state index in [4.69, 9.17) is 5.73 Å². The van der Waals surface area contributed by atoms with Gasteiger partial charge in [0.15, 0.2) is 0 Å². The van der Waals surface area contributed by atoms with Crippen molar-refractivity contribution in [1.29, 1.82) is 0 Å². The molecule has 0 atom stereocenters. The number of aromatic nitrogens is 2. The Balaban J connectivity index is 1.62. The number of aromatic amines is 1. The third-order valence-corrected chi connectivity index (χ3v) is 3.32. The summed E-state index contributed by atoms with van der Waals surface area (Å²) >= 11 is 0. The molecule has 0 aliphatic heterocycles. The van der Waals surface area contributed by atoms with Crippen molar-refractivity contribution in [1.82, 2.24) is 9.97 Å². The second-order valence-electron chi connectivity index (χ2n) is 4.85. The first-order valence-corrected chi connectivity index (χ1v) is 6.80. The van der Waals surface area contributed by atoms with Crippen LogP contribution in [0.2, 0.25) is 0 Å². The number of fused-ring (bicyclic) bond motifs is 1. The molecule has 1 heterocycles. The van der Waals surface area contributed by atoms with Gasteiger partial charge in [-0.3, -0.25) is 10.1 Å². The first-order chi connectivity index (χ1) is 10.2. The number of nitrogen functional groups attached to an aromatic ring is 1. The first kappa shape index (κ1) is 13.2. The zero-order valence-electron chi connectivity index (χ0n) is 11.5. The van der Waals surface area contributed by atoms with E-state index in [9.17, 15) is 4.79 Å². The molecule has 5 nitrogen and oxygen atoms in total. The van der Waals surface area contributed by atoms with Crippen LogP contribution >= 0.6 is 0 Å².